The number of carbonyl (C=O) groups is 1. The first-order chi connectivity index (χ1) is 7.29. The van der Waals surface area contributed by atoms with Crippen molar-refractivity contribution in [3.8, 4) is 0 Å². The Kier molecular flexibility index (Phi) is 2.78. The summed E-state index contributed by atoms with van der Waals surface area (Å²) in [6, 6.07) is 3.44. The Morgan fingerprint density at radius 2 is 2.40 bits per heavy atom. The van der Waals surface area contributed by atoms with E-state index in [-0.39, 0.29) is 0 Å². The van der Waals surface area contributed by atoms with E-state index in [1.165, 1.54) is 0 Å². The highest BCUT2D eigenvalue weighted by molar-refractivity contribution is 5.97. The fourth-order valence-corrected chi connectivity index (χ4v) is 1.70. The van der Waals surface area contributed by atoms with E-state index in [1.807, 2.05) is 0 Å². The molecule has 0 saturated carbocycles. The van der Waals surface area contributed by atoms with Gasteiger partial charge in [-0.25, -0.2) is 0 Å². The van der Waals surface area contributed by atoms with E-state index in [9.17, 15) is 4.79 Å². The Morgan fingerprint density at radius 1 is 1.53 bits per heavy atom. The highest BCUT2D eigenvalue weighted by atomic mass is 16.1. The van der Waals surface area contributed by atoms with Crippen molar-refractivity contribution in [1.29, 1.82) is 0 Å². The number of carbonyl (C=O) groups excluding carboxylic acids is 1. The molecule has 4 nitrogen and oxygen atoms in total. The van der Waals surface area contributed by atoms with Crippen LogP contribution in [0.15, 0.2) is 24.4 Å². The van der Waals surface area contributed by atoms with E-state index in [0.717, 1.165) is 30.8 Å². The molecule has 2 heterocycles. The molecule has 0 unspecified atom stereocenters. The summed E-state index contributed by atoms with van der Waals surface area (Å²) < 4.78 is 0. The second-order valence-corrected chi connectivity index (χ2v) is 3.45. The standard InChI is InChI=1S/C11H13N3O/c12-11(15)9-2-1-5-14-10(9)8-3-6-13-7-4-8/h1-3,5,13H,4,6-7H2,(H2,12,15). The molecule has 0 fully saturated rings. The molecule has 1 aliphatic heterocycles. The number of hydrogen-bond acceptors (Lipinski definition) is 3. The summed E-state index contributed by atoms with van der Waals surface area (Å²) in [4.78, 5) is 15.4. The zero-order valence-electron chi connectivity index (χ0n) is 8.36. The van der Waals surface area contributed by atoms with Gasteiger partial charge in [-0.05, 0) is 30.7 Å². The lowest BCUT2D eigenvalue weighted by Gasteiger charge is -2.14. The largest absolute Gasteiger partial charge is 0.366 e. The summed E-state index contributed by atoms with van der Waals surface area (Å²) in [5.41, 5.74) is 7.63. The summed E-state index contributed by atoms with van der Waals surface area (Å²) in [7, 11) is 0. The van der Waals surface area contributed by atoms with E-state index >= 15 is 0 Å². The molecule has 2 rings (SSSR count). The maximum atomic E-state index is 11.2. The molecule has 1 aromatic heterocycles. The van der Waals surface area contributed by atoms with E-state index < -0.39 is 5.91 Å². The fraction of sp³-hybridized carbons (Fsp3) is 0.273. The molecule has 0 bridgehead atoms. The Bertz CT molecular complexity index is 412. The summed E-state index contributed by atoms with van der Waals surface area (Å²) in [6.07, 6.45) is 4.63. The van der Waals surface area contributed by atoms with Gasteiger partial charge in [-0.1, -0.05) is 6.08 Å². The minimum Gasteiger partial charge on any atom is -0.366 e. The van der Waals surface area contributed by atoms with Crippen molar-refractivity contribution in [3.05, 3.63) is 35.7 Å². The number of rotatable bonds is 2. The summed E-state index contributed by atoms with van der Waals surface area (Å²) in [5, 5.41) is 3.21. The third kappa shape index (κ3) is 2.05. The minimum atomic E-state index is -0.419. The number of primary amides is 1. The lowest BCUT2D eigenvalue weighted by atomic mass is 10.0. The number of amides is 1. The molecular weight excluding hydrogens is 190 g/mol. The number of pyridine rings is 1. The van der Waals surface area contributed by atoms with E-state index in [0.29, 0.717) is 5.56 Å². The van der Waals surface area contributed by atoms with Crippen LogP contribution in [-0.4, -0.2) is 24.0 Å². The monoisotopic (exact) mass is 203 g/mol. The van der Waals surface area contributed by atoms with Crippen molar-refractivity contribution in [1.82, 2.24) is 10.3 Å². The molecule has 1 amide bonds. The minimum absolute atomic E-state index is 0.419. The van der Waals surface area contributed by atoms with Gasteiger partial charge in [0.25, 0.3) is 5.91 Å². The Balaban J connectivity index is 2.42. The van der Waals surface area contributed by atoms with Gasteiger partial charge < -0.3 is 11.1 Å². The van der Waals surface area contributed by atoms with Gasteiger partial charge in [0.1, 0.15) is 0 Å². The second-order valence-electron chi connectivity index (χ2n) is 3.45. The topological polar surface area (TPSA) is 68.0 Å². The van der Waals surface area contributed by atoms with Gasteiger partial charge >= 0.3 is 0 Å². The van der Waals surface area contributed by atoms with Crippen LogP contribution in [0, 0.1) is 0 Å². The molecule has 1 aliphatic rings. The molecular formula is C11H13N3O. The lowest BCUT2D eigenvalue weighted by Crippen LogP contribution is -2.22. The zero-order valence-corrected chi connectivity index (χ0v) is 8.36. The zero-order chi connectivity index (χ0) is 10.7. The van der Waals surface area contributed by atoms with Gasteiger partial charge in [-0.2, -0.15) is 0 Å². The summed E-state index contributed by atoms with van der Waals surface area (Å²) >= 11 is 0. The number of nitrogens with one attached hydrogen (secondary N) is 1. The molecule has 0 saturated heterocycles. The van der Waals surface area contributed by atoms with Gasteiger partial charge in [-0.3, -0.25) is 9.78 Å². The number of aromatic nitrogens is 1. The van der Waals surface area contributed by atoms with Crippen molar-refractivity contribution in [3.63, 3.8) is 0 Å². The van der Waals surface area contributed by atoms with Gasteiger partial charge in [0.05, 0.1) is 11.3 Å². The van der Waals surface area contributed by atoms with Crippen LogP contribution >= 0.6 is 0 Å². The Labute approximate surface area is 88.2 Å². The van der Waals surface area contributed by atoms with Gasteiger partial charge in [0.2, 0.25) is 0 Å². The van der Waals surface area contributed by atoms with E-state index in [4.69, 9.17) is 5.73 Å². The SMILES string of the molecule is NC(=O)c1cccnc1C1=CCNCC1. The van der Waals surface area contributed by atoms with Crippen LogP contribution in [0.1, 0.15) is 22.5 Å². The molecule has 0 aliphatic carbocycles. The highest BCUT2D eigenvalue weighted by Gasteiger charge is 2.14. The van der Waals surface area contributed by atoms with E-state index in [1.54, 1.807) is 18.3 Å². The van der Waals surface area contributed by atoms with Crippen LogP contribution in [0.5, 0.6) is 0 Å². The van der Waals surface area contributed by atoms with Gasteiger partial charge in [-0.15, -0.1) is 0 Å². The second kappa shape index (κ2) is 4.23. The first-order valence-electron chi connectivity index (χ1n) is 4.94. The maximum absolute atomic E-state index is 11.2. The highest BCUT2D eigenvalue weighted by Crippen LogP contribution is 2.20. The van der Waals surface area contributed by atoms with Crippen molar-refractivity contribution >= 4 is 11.5 Å². The predicted molar refractivity (Wildman–Crippen MR) is 58.2 cm³/mol. The number of hydrogen-bond donors (Lipinski definition) is 2. The summed E-state index contributed by atoms with van der Waals surface area (Å²) in [6.45, 7) is 1.74. The molecule has 78 valence electrons. The third-order valence-electron chi connectivity index (χ3n) is 2.44. The van der Waals surface area contributed by atoms with Crippen LogP contribution in [0.25, 0.3) is 5.57 Å². The predicted octanol–water partition coefficient (Wildman–Crippen LogP) is 0.557. The van der Waals surface area contributed by atoms with Crippen LogP contribution in [-0.2, 0) is 0 Å². The molecule has 15 heavy (non-hydrogen) atoms. The molecule has 1 aromatic rings. The van der Waals surface area contributed by atoms with Crippen LogP contribution < -0.4 is 11.1 Å². The summed E-state index contributed by atoms with van der Waals surface area (Å²) in [5.74, 6) is -0.419. The van der Waals surface area contributed by atoms with Crippen molar-refractivity contribution < 1.29 is 4.79 Å². The fourth-order valence-electron chi connectivity index (χ4n) is 1.70. The van der Waals surface area contributed by atoms with E-state index in [2.05, 4.69) is 16.4 Å². The number of nitrogens with zero attached hydrogens (tertiary/aromatic N) is 1. The average Bonchev–Trinajstić information content (AvgIpc) is 2.30. The smallest absolute Gasteiger partial charge is 0.250 e. The molecule has 3 N–H and O–H groups in total. The van der Waals surface area contributed by atoms with Gasteiger partial charge in [0.15, 0.2) is 0 Å². The third-order valence-corrected chi connectivity index (χ3v) is 2.44. The normalized spacial score (nSPS) is 15.9. The molecule has 4 heteroatoms. The van der Waals surface area contributed by atoms with Crippen LogP contribution in [0.3, 0.4) is 0 Å². The Morgan fingerprint density at radius 3 is 3.07 bits per heavy atom. The Hall–Kier alpha value is -1.68. The van der Waals surface area contributed by atoms with Gasteiger partial charge in [0, 0.05) is 12.7 Å². The lowest BCUT2D eigenvalue weighted by molar-refractivity contribution is 0.0999. The first kappa shape index (κ1) is 9.86. The molecule has 0 spiro atoms. The van der Waals surface area contributed by atoms with Crippen molar-refractivity contribution in [2.45, 2.75) is 6.42 Å². The first-order valence-corrected chi connectivity index (χ1v) is 4.94. The quantitative estimate of drug-likeness (QED) is 0.737. The van der Waals surface area contributed by atoms with Crippen LogP contribution in [0.2, 0.25) is 0 Å². The molecule has 0 atom stereocenters. The molecule has 0 aromatic carbocycles. The maximum Gasteiger partial charge on any atom is 0.250 e. The van der Waals surface area contributed by atoms with Crippen molar-refractivity contribution in [2.24, 2.45) is 5.73 Å². The van der Waals surface area contributed by atoms with Crippen molar-refractivity contribution in [2.75, 3.05) is 13.1 Å². The van der Waals surface area contributed by atoms with Crippen LogP contribution in [0.4, 0.5) is 0 Å². The average molecular weight is 203 g/mol. The molecule has 0 radical (unpaired) electrons. The number of nitrogens with two attached hydrogens (primary N) is 1.